The maximum Gasteiger partial charge on any atom is 0.185 e. The smallest absolute Gasteiger partial charge is 0.185 e. The van der Waals surface area contributed by atoms with Gasteiger partial charge in [0.2, 0.25) is 0 Å². The Balaban J connectivity index is 2.37. The van der Waals surface area contributed by atoms with E-state index in [0.29, 0.717) is 11.3 Å². The van der Waals surface area contributed by atoms with E-state index < -0.39 is 0 Å². The molecule has 0 aliphatic carbocycles. The van der Waals surface area contributed by atoms with Gasteiger partial charge in [-0.2, -0.15) is 0 Å². The minimum absolute atomic E-state index is 0.121. The summed E-state index contributed by atoms with van der Waals surface area (Å²) in [5, 5.41) is 0.121. The SMILES string of the molecule is CC(=O)SCCC#Cc1ccc(C=O)s1. The molecule has 2 nitrogen and oxygen atoms in total. The van der Waals surface area contributed by atoms with Gasteiger partial charge in [0.15, 0.2) is 11.4 Å². The van der Waals surface area contributed by atoms with E-state index in [2.05, 4.69) is 11.8 Å². The van der Waals surface area contributed by atoms with E-state index in [0.717, 1.165) is 16.9 Å². The van der Waals surface area contributed by atoms with Crippen molar-refractivity contribution in [1.82, 2.24) is 0 Å². The summed E-state index contributed by atoms with van der Waals surface area (Å²) in [4.78, 5) is 22.6. The van der Waals surface area contributed by atoms with E-state index in [4.69, 9.17) is 0 Å². The molecule has 15 heavy (non-hydrogen) atoms. The van der Waals surface area contributed by atoms with Crippen LogP contribution in [0.25, 0.3) is 0 Å². The molecule has 1 aromatic heterocycles. The first-order valence-electron chi connectivity index (χ1n) is 4.39. The van der Waals surface area contributed by atoms with Gasteiger partial charge < -0.3 is 0 Å². The Labute approximate surface area is 97.1 Å². The highest BCUT2D eigenvalue weighted by Crippen LogP contribution is 2.12. The monoisotopic (exact) mass is 238 g/mol. The van der Waals surface area contributed by atoms with E-state index in [-0.39, 0.29) is 5.12 Å². The summed E-state index contributed by atoms with van der Waals surface area (Å²) in [6.45, 7) is 1.55. The number of thiophene rings is 1. The Morgan fingerprint density at radius 3 is 3.00 bits per heavy atom. The molecule has 1 aromatic rings. The van der Waals surface area contributed by atoms with E-state index in [9.17, 15) is 9.59 Å². The summed E-state index contributed by atoms with van der Waals surface area (Å²) in [5.41, 5.74) is 0. The van der Waals surface area contributed by atoms with Crippen molar-refractivity contribution in [2.24, 2.45) is 0 Å². The zero-order valence-corrected chi connectivity index (χ0v) is 9.91. The largest absolute Gasteiger partial charge is 0.297 e. The number of rotatable bonds is 3. The Morgan fingerprint density at radius 1 is 1.60 bits per heavy atom. The zero-order valence-electron chi connectivity index (χ0n) is 8.28. The van der Waals surface area contributed by atoms with Gasteiger partial charge in [-0.15, -0.1) is 11.3 Å². The predicted octanol–water partition coefficient (Wildman–Crippen LogP) is 2.58. The van der Waals surface area contributed by atoms with Crippen molar-refractivity contribution in [2.75, 3.05) is 5.75 Å². The Bertz CT molecular complexity index is 410. The second-order valence-electron chi connectivity index (χ2n) is 2.71. The topological polar surface area (TPSA) is 34.1 Å². The van der Waals surface area contributed by atoms with Crippen molar-refractivity contribution in [3.8, 4) is 11.8 Å². The second-order valence-corrected chi connectivity index (χ2v) is 5.10. The normalized spacial score (nSPS) is 9.13. The third kappa shape index (κ3) is 4.82. The standard InChI is InChI=1S/C11H10O2S2/c1-9(13)14-7-3-2-4-10-5-6-11(8-12)15-10/h5-6,8H,3,7H2,1H3. The van der Waals surface area contributed by atoms with Crippen LogP contribution >= 0.6 is 23.1 Å². The van der Waals surface area contributed by atoms with E-state index in [1.807, 2.05) is 6.07 Å². The summed E-state index contributed by atoms with van der Waals surface area (Å²) in [7, 11) is 0. The van der Waals surface area contributed by atoms with Gasteiger partial charge in [0.25, 0.3) is 0 Å². The highest BCUT2D eigenvalue weighted by molar-refractivity contribution is 8.13. The van der Waals surface area contributed by atoms with Crippen molar-refractivity contribution in [1.29, 1.82) is 0 Å². The Morgan fingerprint density at radius 2 is 2.40 bits per heavy atom. The van der Waals surface area contributed by atoms with Crippen molar-refractivity contribution >= 4 is 34.5 Å². The summed E-state index contributed by atoms with van der Waals surface area (Å²) >= 11 is 2.66. The lowest BCUT2D eigenvalue weighted by Gasteiger charge is -1.87. The van der Waals surface area contributed by atoms with Crippen LogP contribution in [0, 0.1) is 11.8 Å². The number of aldehydes is 1. The number of carbonyl (C=O) groups is 2. The van der Waals surface area contributed by atoms with E-state index in [1.54, 1.807) is 13.0 Å². The molecule has 0 atom stereocenters. The van der Waals surface area contributed by atoms with Crippen LogP contribution in [-0.2, 0) is 4.79 Å². The first-order chi connectivity index (χ1) is 7.22. The molecule has 1 rings (SSSR count). The molecule has 4 heteroatoms. The van der Waals surface area contributed by atoms with Crippen molar-refractivity contribution in [3.63, 3.8) is 0 Å². The van der Waals surface area contributed by atoms with Crippen LogP contribution in [-0.4, -0.2) is 17.2 Å². The average Bonchev–Trinajstić information content (AvgIpc) is 2.65. The summed E-state index contributed by atoms with van der Waals surface area (Å²) in [6.07, 6.45) is 1.51. The third-order valence-electron chi connectivity index (χ3n) is 1.49. The van der Waals surface area contributed by atoms with Crippen molar-refractivity contribution in [2.45, 2.75) is 13.3 Å². The van der Waals surface area contributed by atoms with E-state index >= 15 is 0 Å². The molecule has 0 radical (unpaired) electrons. The van der Waals surface area contributed by atoms with Crippen LogP contribution in [0.5, 0.6) is 0 Å². The lowest BCUT2D eigenvalue weighted by molar-refractivity contribution is -0.109. The fraction of sp³-hybridized carbons (Fsp3) is 0.273. The maximum absolute atomic E-state index is 10.6. The van der Waals surface area contributed by atoms with E-state index in [1.165, 1.54) is 23.1 Å². The molecule has 0 bridgehead atoms. The molecule has 0 aliphatic rings. The zero-order chi connectivity index (χ0) is 11.1. The van der Waals surface area contributed by atoms with Gasteiger partial charge in [-0.3, -0.25) is 9.59 Å². The third-order valence-corrected chi connectivity index (χ3v) is 3.23. The molecule has 1 heterocycles. The van der Waals surface area contributed by atoms with Gasteiger partial charge in [-0.1, -0.05) is 23.6 Å². The number of hydrogen-bond donors (Lipinski definition) is 0. The lowest BCUT2D eigenvalue weighted by Crippen LogP contribution is -1.83. The van der Waals surface area contributed by atoms with Gasteiger partial charge >= 0.3 is 0 Å². The summed E-state index contributed by atoms with van der Waals surface area (Å²) in [6, 6.07) is 3.59. The highest BCUT2D eigenvalue weighted by atomic mass is 32.2. The number of hydrogen-bond acceptors (Lipinski definition) is 4. The molecule has 0 saturated carbocycles. The average molecular weight is 238 g/mol. The van der Waals surface area contributed by atoms with Crippen LogP contribution in [0.3, 0.4) is 0 Å². The summed E-state index contributed by atoms with van der Waals surface area (Å²) in [5.74, 6) is 6.65. The fourth-order valence-electron chi connectivity index (χ4n) is 0.879. The highest BCUT2D eigenvalue weighted by Gasteiger charge is 1.94. The van der Waals surface area contributed by atoms with Gasteiger partial charge in [0, 0.05) is 19.1 Å². The molecule has 78 valence electrons. The predicted molar refractivity (Wildman–Crippen MR) is 64.3 cm³/mol. The molecule has 0 saturated heterocycles. The van der Waals surface area contributed by atoms with Crippen LogP contribution in [0.4, 0.5) is 0 Å². The minimum atomic E-state index is 0.121. The number of thioether (sulfide) groups is 1. The quantitative estimate of drug-likeness (QED) is 0.461. The molecule has 0 spiro atoms. The molecule has 0 aliphatic heterocycles. The first kappa shape index (κ1) is 12.0. The minimum Gasteiger partial charge on any atom is -0.297 e. The molecular weight excluding hydrogens is 228 g/mol. The molecule has 0 unspecified atom stereocenters. The van der Waals surface area contributed by atoms with Gasteiger partial charge in [-0.25, -0.2) is 0 Å². The lowest BCUT2D eigenvalue weighted by atomic mass is 10.4. The Hall–Kier alpha value is -1.05. The van der Waals surface area contributed by atoms with Gasteiger partial charge in [0.1, 0.15) is 0 Å². The van der Waals surface area contributed by atoms with Crippen molar-refractivity contribution < 1.29 is 9.59 Å². The van der Waals surface area contributed by atoms with Crippen LogP contribution < -0.4 is 0 Å². The molecular formula is C11H10O2S2. The first-order valence-corrected chi connectivity index (χ1v) is 6.20. The van der Waals surface area contributed by atoms with Crippen LogP contribution in [0.15, 0.2) is 12.1 Å². The molecule has 0 aromatic carbocycles. The van der Waals surface area contributed by atoms with Gasteiger partial charge in [-0.05, 0) is 12.1 Å². The van der Waals surface area contributed by atoms with Crippen molar-refractivity contribution in [3.05, 3.63) is 21.9 Å². The van der Waals surface area contributed by atoms with Crippen LogP contribution in [0.1, 0.15) is 27.9 Å². The fourth-order valence-corrected chi connectivity index (χ4v) is 2.07. The maximum atomic E-state index is 10.6. The molecule has 0 fully saturated rings. The molecule has 0 amide bonds. The molecule has 0 N–H and O–H groups in total. The van der Waals surface area contributed by atoms with Gasteiger partial charge in [0.05, 0.1) is 9.75 Å². The second kappa shape index (κ2) is 6.44. The van der Waals surface area contributed by atoms with Crippen LogP contribution in [0.2, 0.25) is 0 Å². The summed E-state index contributed by atoms with van der Waals surface area (Å²) < 4.78 is 0. The Kier molecular flexibility index (Phi) is 5.16. The number of carbonyl (C=O) groups excluding carboxylic acids is 2.